The Labute approximate surface area is 118 Å². The highest BCUT2D eigenvalue weighted by Gasteiger charge is 2.11. The van der Waals surface area contributed by atoms with Crippen molar-refractivity contribution in [3.63, 3.8) is 0 Å². The van der Waals surface area contributed by atoms with Crippen LogP contribution in [-0.2, 0) is 0 Å². The first-order valence-corrected chi connectivity index (χ1v) is 7.21. The van der Waals surface area contributed by atoms with Crippen LogP contribution in [0.3, 0.4) is 0 Å². The first-order chi connectivity index (χ1) is 8.71. The van der Waals surface area contributed by atoms with Crippen molar-refractivity contribution < 1.29 is 0 Å². The minimum Gasteiger partial charge on any atom is -0.0748 e. The Bertz CT molecular complexity index is 566. The van der Waals surface area contributed by atoms with Crippen LogP contribution in [0.1, 0.15) is 47.1 Å². The van der Waals surface area contributed by atoms with Gasteiger partial charge in [0, 0.05) is 5.41 Å². The van der Waals surface area contributed by atoms with E-state index in [1.54, 1.807) is 0 Å². The van der Waals surface area contributed by atoms with E-state index in [2.05, 4.69) is 84.9 Å². The summed E-state index contributed by atoms with van der Waals surface area (Å²) in [4.78, 5) is 0. The van der Waals surface area contributed by atoms with Gasteiger partial charge in [-0.3, -0.25) is 0 Å². The smallest absolute Gasteiger partial charge is 0.00168 e. The topological polar surface area (TPSA) is 0 Å². The van der Waals surface area contributed by atoms with Crippen LogP contribution in [0.25, 0.3) is 11.6 Å². The lowest BCUT2D eigenvalue weighted by atomic mass is 9.92. The van der Waals surface area contributed by atoms with Crippen molar-refractivity contribution in [1.82, 2.24) is 0 Å². The van der Waals surface area contributed by atoms with Gasteiger partial charge in [0.05, 0.1) is 0 Å². The van der Waals surface area contributed by atoms with Crippen LogP contribution in [-0.4, -0.2) is 0 Å². The van der Waals surface area contributed by atoms with Crippen molar-refractivity contribution in [3.05, 3.63) is 46.4 Å². The molecule has 0 bridgehead atoms. The van der Waals surface area contributed by atoms with E-state index in [0.29, 0.717) is 0 Å². The van der Waals surface area contributed by atoms with E-state index in [1.807, 2.05) is 0 Å². The lowest BCUT2D eigenvalue weighted by Gasteiger charge is -2.13. The molecule has 0 saturated heterocycles. The van der Waals surface area contributed by atoms with Crippen LogP contribution in [0.5, 0.6) is 0 Å². The number of hydrogen-bond acceptors (Lipinski definition) is 0. The zero-order valence-corrected chi connectivity index (χ0v) is 13.5. The molecule has 0 radical (unpaired) electrons. The summed E-state index contributed by atoms with van der Waals surface area (Å²) in [6.45, 7) is 15.3. The van der Waals surface area contributed by atoms with Gasteiger partial charge in [0.2, 0.25) is 0 Å². The van der Waals surface area contributed by atoms with Crippen molar-refractivity contribution in [1.29, 1.82) is 0 Å². The second-order valence-corrected chi connectivity index (χ2v) is 6.80. The third kappa shape index (κ3) is 5.06. The fourth-order valence-electron chi connectivity index (χ4n) is 2.04. The van der Waals surface area contributed by atoms with Crippen LogP contribution in [0.15, 0.2) is 30.4 Å². The predicted octanol–water partition coefficient (Wildman–Crippen LogP) is 4.20. The maximum absolute atomic E-state index is 2.35. The molecule has 1 aliphatic carbocycles. The van der Waals surface area contributed by atoms with Gasteiger partial charge in [0.1, 0.15) is 0 Å². The van der Waals surface area contributed by atoms with Crippen molar-refractivity contribution in [2.75, 3.05) is 0 Å². The molecule has 0 N–H and O–H groups in total. The van der Waals surface area contributed by atoms with Crippen molar-refractivity contribution >= 4 is 11.6 Å². The molecule has 1 aromatic carbocycles. The number of fused-ring (bicyclic) bond motifs is 1. The van der Waals surface area contributed by atoms with Gasteiger partial charge in [-0.05, 0) is 35.8 Å². The zero-order chi connectivity index (χ0) is 14.6. The number of rotatable bonds is 0. The largest absolute Gasteiger partial charge is 0.0748 e. The standard InChI is InChI=1S/C15H18.C4H10/c1-11-5-6-14-12(2)7-8-15(3,4)10-13(14)9-11;1-4(2)3/h5-10H,1-4H3;4H,1-3H3. The van der Waals surface area contributed by atoms with E-state index < -0.39 is 0 Å². The molecule has 1 aliphatic rings. The number of allylic oxidation sites excluding steroid dienone is 2. The van der Waals surface area contributed by atoms with Crippen LogP contribution >= 0.6 is 0 Å². The van der Waals surface area contributed by atoms with Crippen molar-refractivity contribution in [2.24, 2.45) is 11.3 Å². The molecule has 0 aliphatic heterocycles. The summed E-state index contributed by atoms with van der Waals surface area (Å²) >= 11 is 0. The van der Waals surface area contributed by atoms with Gasteiger partial charge >= 0.3 is 0 Å². The van der Waals surface area contributed by atoms with Gasteiger partial charge in [-0.25, -0.2) is 0 Å². The van der Waals surface area contributed by atoms with Gasteiger partial charge in [-0.2, -0.15) is 0 Å². The monoisotopic (exact) mass is 256 g/mol. The predicted molar refractivity (Wildman–Crippen MR) is 87.4 cm³/mol. The van der Waals surface area contributed by atoms with Crippen molar-refractivity contribution in [2.45, 2.75) is 48.5 Å². The summed E-state index contributed by atoms with van der Waals surface area (Å²) in [5, 5.41) is 2.73. The number of benzene rings is 1. The van der Waals surface area contributed by atoms with E-state index in [0.717, 1.165) is 5.92 Å². The Morgan fingerprint density at radius 2 is 1.58 bits per heavy atom. The summed E-state index contributed by atoms with van der Waals surface area (Å²) in [6, 6.07) is 6.68. The molecule has 0 heterocycles. The molecule has 2 rings (SSSR count). The maximum Gasteiger partial charge on any atom is 0.00168 e. The average Bonchev–Trinajstić information content (AvgIpc) is 2.34. The molecule has 19 heavy (non-hydrogen) atoms. The van der Waals surface area contributed by atoms with Gasteiger partial charge in [0.15, 0.2) is 0 Å². The highest BCUT2D eigenvalue weighted by atomic mass is 14.2. The Morgan fingerprint density at radius 1 is 1.00 bits per heavy atom. The quantitative estimate of drug-likeness (QED) is 0.652. The van der Waals surface area contributed by atoms with E-state index in [4.69, 9.17) is 0 Å². The lowest BCUT2D eigenvalue weighted by Crippen LogP contribution is -2.27. The van der Waals surface area contributed by atoms with Crippen LogP contribution in [0.2, 0.25) is 0 Å². The highest BCUT2D eigenvalue weighted by molar-refractivity contribution is 5.59. The summed E-state index contributed by atoms with van der Waals surface area (Å²) in [7, 11) is 0. The summed E-state index contributed by atoms with van der Waals surface area (Å²) in [5.41, 5.74) is 2.84. The van der Waals surface area contributed by atoms with E-state index in [1.165, 1.54) is 21.6 Å². The fourth-order valence-corrected chi connectivity index (χ4v) is 2.04. The van der Waals surface area contributed by atoms with E-state index in [9.17, 15) is 0 Å². The van der Waals surface area contributed by atoms with Crippen molar-refractivity contribution in [3.8, 4) is 0 Å². The Kier molecular flexibility index (Phi) is 5.17. The minimum atomic E-state index is 0.153. The molecule has 0 amide bonds. The second-order valence-electron chi connectivity index (χ2n) is 6.80. The average molecular weight is 256 g/mol. The third-order valence-electron chi connectivity index (χ3n) is 2.92. The Morgan fingerprint density at radius 3 is 2.16 bits per heavy atom. The maximum atomic E-state index is 2.35. The van der Waals surface area contributed by atoms with Gasteiger partial charge in [-0.1, -0.05) is 76.6 Å². The van der Waals surface area contributed by atoms with Gasteiger partial charge < -0.3 is 0 Å². The first-order valence-electron chi connectivity index (χ1n) is 7.21. The molecule has 0 unspecified atom stereocenters. The summed E-state index contributed by atoms with van der Waals surface area (Å²) < 4.78 is 0. The number of hydrogen-bond donors (Lipinski definition) is 0. The SMILES string of the molecule is CC(C)C.CC1=c2ccc(C)cc2=CC(C)(C)C=C1. The fraction of sp³-hybridized carbons (Fsp3) is 0.474. The molecule has 0 spiro atoms. The minimum absolute atomic E-state index is 0.153. The molecule has 0 aromatic heterocycles. The third-order valence-corrected chi connectivity index (χ3v) is 2.92. The summed E-state index contributed by atoms with van der Waals surface area (Å²) in [6.07, 6.45) is 6.86. The molecule has 104 valence electrons. The highest BCUT2D eigenvalue weighted by Crippen LogP contribution is 2.20. The lowest BCUT2D eigenvalue weighted by molar-refractivity contribution is 0.670. The van der Waals surface area contributed by atoms with Crippen LogP contribution in [0.4, 0.5) is 0 Å². The molecular weight excluding hydrogens is 228 g/mol. The molecule has 0 atom stereocenters. The number of aryl methyl sites for hydroxylation is 1. The van der Waals surface area contributed by atoms with Gasteiger partial charge in [0.25, 0.3) is 0 Å². The van der Waals surface area contributed by atoms with Crippen LogP contribution < -0.4 is 10.4 Å². The molecule has 0 saturated carbocycles. The normalized spacial score (nSPS) is 16.1. The van der Waals surface area contributed by atoms with E-state index >= 15 is 0 Å². The second kappa shape index (κ2) is 6.23. The van der Waals surface area contributed by atoms with Gasteiger partial charge in [-0.15, -0.1) is 0 Å². The van der Waals surface area contributed by atoms with E-state index in [-0.39, 0.29) is 5.41 Å². The zero-order valence-electron chi connectivity index (χ0n) is 13.5. The molecule has 0 heteroatoms. The molecule has 1 aromatic rings. The summed E-state index contributed by atoms with van der Waals surface area (Å²) in [5.74, 6) is 0.833. The Hall–Kier alpha value is -1.30. The molecular formula is C19H28. The first kappa shape index (κ1) is 15.8. The van der Waals surface area contributed by atoms with Crippen LogP contribution in [0, 0.1) is 18.3 Å². The molecule has 0 nitrogen and oxygen atoms in total. The molecule has 0 fully saturated rings. The Balaban J connectivity index is 0.000000399.